The quantitative estimate of drug-likeness (QED) is 0.909. The first kappa shape index (κ1) is 17.1. The summed E-state index contributed by atoms with van der Waals surface area (Å²) in [6, 6.07) is 4.61. The van der Waals surface area contributed by atoms with Crippen LogP contribution in [0.25, 0.3) is 0 Å². The second-order valence-corrected chi connectivity index (χ2v) is 6.52. The Morgan fingerprint density at radius 2 is 2.08 bits per heavy atom. The van der Waals surface area contributed by atoms with E-state index in [0.29, 0.717) is 18.8 Å². The van der Waals surface area contributed by atoms with E-state index in [1.807, 2.05) is 0 Å². The largest absolute Gasteiger partial charge is 0.416 e. The van der Waals surface area contributed by atoms with Gasteiger partial charge in [-0.15, -0.1) is 0 Å². The molecule has 0 spiro atoms. The van der Waals surface area contributed by atoms with Crippen LogP contribution in [0.15, 0.2) is 24.3 Å². The van der Waals surface area contributed by atoms with Gasteiger partial charge in [-0.3, -0.25) is 0 Å². The third kappa shape index (κ3) is 3.83. The summed E-state index contributed by atoms with van der Waals surface area (Å²) in [7, 11) is 1.70. The van der Waals surface area contributed by atoms with Crippen LogP contribution in [0.4, 0.5) is 18.0 Å². The van der Waals surface area contributed by atoms with Crippen molar-refractivity contribution >= 4 is 6.03 Å². The van der Waals surface area contributed by atoms with E-state index in [4.69, 9.17) is 4.74 Å². The molecule has 2 atom stereocenters. The number of amides is 2. The molecule has 7 heteroatoms. The van der Waals surface area contributed by atoms with Crippen LogP contribution in [-0.2, 0) is 10.9 Å². The van der Waals surface area contributed by atoms with E-state index >= 15 is 0 Å². The molecule has 0 bridgehead atoms. The minimum absolute atomic E-state index is 0.0198. The summed E-state index contributed by atoms with van der Waals surface area (Å²) < 4.78 is 44.1. The van der Waals surface area contributed by atoms with Gasteiger partial charge in [0, 0.05) is 13.7 Å². The molecule has 1 N–H and O–H groups in total. The van der Waals surface area contributed by atoms with Gasteiger partial charge in [0.05, 0.1) is 24.3 Å². The summed E-state index contributed by atoms with van der Waals surface area (Å²) >= 11 is 0. The Kier molecular flexibility index (Phi) is 4.71. The molecule has 1 heterocycles. The minimum Gasteiger partial charge on any atom is -0.379 e. The van der Waals surface area contributed by atoms with Crippen molar-refractivity contribution in [3.8, 4) is 0 Å². The van der Waals surface area contributed by atoms with E-state index in [-0.39, 0.29) is 24.0 Å². The molecule has 0 radical (unpaired) electrons. The highest BCUT2D eigenvalue weighted by Gasteiger charge is 2.37. The van der Waals surface area contributed by atoms with Crippen LogP contribution < -0.4 is 5.32 Å². The van der Waals surface area contributed by atoms with Crippen LogP contribution in [0.5, 0.6) is 0 Å². The third-order valence-electron chi connectivity index (χ3n) is 4.72. The van der Waals surface area contributed by atoms with E-state index in [2.05, 4.69) is 5.32 Å². The van der Waals surface area contributed by atoms with Crippen LogP contribution in [0.2, 0.25) is 0 Å². The minimum atomic E-state index is -4.38. The number of hydrogen-bond acceptors (Lipinski definition) is 2. The summed E-state index contributed by atoms with van der Waals surface area (Å²) in [4.78, 5) is 14.1. The first-order valence-corrected chi connectivity index (χ1v) is 8.14. The molecule has 24 heavy (non-hydrogen) atoms. The lowest BCUT2D eigenvalue weighted by molar-refractivity contribution is -0.137. The number of ether oxygens (including phenoxy) is 1. The smallest absolute Gasteiger partial charge is 0.379 e. The average molecular weight is 342 g/mol. The average Bonchev–Trinajstić information content (AvgIpc) is 3.24. The molecule has 4 nitrogen and oxygen atoms in total. The van der Waals surface area contributed by atoms with Crippen LogP contribution in [0.3, 0.4) is 0 Å². The van der Waals surface area contributed by atoms with Crippen LogP contribution in [-0.4, -0.2) is 37.2 Å². The molecule has 0 unspecified atom stereocenters. The molecule has 3 rings (SSSR count). The highest BCUT2D eigenvalue weighted by molar-refractivity contribution is 5.75. The molecule has 2 fully saturated rings. The Morgan fingerprint density at radius 3 is 2.67 bits per heavy atom. The van der Waals surface area contributed by atoms with Gasteiger partial charge in [0.15, 0.2) is 0 Å². The maximum absolute atomic E-state index is 12.9. The molecule has 1 aliphatic carbocycles. The number of likely N-dealkylation sites (N-methyl/N-ethyl adjacent to an activating group) is 1. The molecule has 1 aliphatic heterocycles. The molecule has 2 aliphatic rings. The Morgan fingerprint density at radius 1 is 1.33 bits per heavy atom. The predicted molar refractivity (Wildman–Crippen MR) is 82.4 cm³/mol. The number of nitrogens with zero attached hydrogens (tertiary/aromatic N) is 1. The number of hydrogen-bond donors (Lipinski definition) is 1. The second-order valence-electron chi connectivity index (χ2n) is 6.52. The van der Waals surface area contributed by atoms with E-state index in [0.717, 1.165) is 31.4 Å². The van der Waals surface area contributed by atoms with Crippen molar-refractivity contribution in [1.82, 2.24) is 10.2 Å². The SMILES string of the molecule is CN(C(=O)N[C@H](c1cccc(C(F)(F)F)c1)C1CC1)[C@@H]1CCOC1. The maximum atomic E-state index is 12.9. The summed E-state index contributed by atoms with van der Waals surface area (Å²) in [5.74, 6) is 0.200. The fourth-order valence-corrected chi connectivity index (χ4v) is 3.04. The Hall–Kier alpha value is -1.76. The van der Waals surface area contributed by atoms with Crippen molar-refractivity contribution < 1.29 is 22.7 Å². The number of alkyl halides is 3. The highest BCUT2D eigenvalue weighted by Crippen LogP contribution is 2.42. The fourth-order valence-electron chi connectivity index (χ4n) is 3.04. The topological polar surface area (TPSA) is 41.6 Å². The van der Waals surface area contributed by atoms with E-state index in [1.165, 1.54) is 6.07 Å². The Labute approximate surface area is 139 Å². The van der Waals surface area contributed by atoms with Crippen molar-refractivity contribution in [3.63, 3.8) is 0 Å². The van der Waals surface area contributed by atoms with E-state index < -0.39 is 11.7 Å². The van der Waals surface area contributed by atoms with Crippen molar-refractivity contribution in [3.05, 3.63) is 35.4 Å². The number of urea groups is 1. The zero-order chi connectivity index (χ0) is 17.3. The number of carbonyl (C=O) groups excluding carboxylic acids is 1. The normalized spacial score (nSPS) is 22.2. The van der Waals surface area contributed by atoms with Crippen molar-refractivity contribution in [2.45, 2.75) is 37.5 Å². The zero-order valence-corrected chi connectivity index (χ0v) is 13.5. The predicted octanol–water partition coefficient (Wildman–Crippen LogP) is 3.59. The number of nitrogens with one attached hydrogen (secondary N) is 1. The lowest BCUT2D eigenvalue weighted by Gasteiger charge is -2.27. The molecule has 0 aromatic heterocycles. The molecule has 132 valence electrons. The molecule has 1 saturated carbocycles. The number of rotatable bonds is 4. The first-order valence-electron chi connectivity index (χ1n) is 8.14. The van der Waals surface area contributed by atoms with Crippen LogP contribution in [0, 0.1) is 5.92 Å². The van der Waals surface area contributed by atoms with Crippen LogP contribution >= 0.6 is 0 Å². The van der Waals surface area contributed by atoms with Crippen molar-refractivity contribution in [1.29, 1.82) is 0 Å². The molecule has 1 aromatic rings. The first-order chi connectivity index (χ1) is 11.4. The van der Waals surface area contributed by atoms with Gasteiger partial charge in [-0.2, -0.15) is 13.2 Å². The summed E-state index contributed by atoms with van der Waals surface area (Å²) in [6.07, 6.45) is -1.78. The molecule has 1 aromatic carbocycles. The summed E-state index contributed by atoms with van der Waals surface area (Å²) in [6.45, 7) is 1.13. The monoisotopic (exact) mass is 342 g/mol. The highest BCUT2D eigenvalue weighted by atomic mass is 19.4. The molecule has 2 amide bonds. The lowest BCUT2D eigenvalue weighted by atomic mass is 10.00. The molecular weight excluding hydrogens is 321 g/mol. The Balaban J connectivity index is 1.74. The zero-order valence-electron chi connectivity index (χ0n) is 13.5. The van der Waals surface area contributed by atoms with E-state index in [1.54, 1.807) is 18.0 Å². The molecular formula is C17H21F3N2O2. The number of carbonyl (C=O) groups is 1. The lowest BCUT2D eigenvalue weighted by Crippen LogP contribution is -2.45. The van der Waals surface area contributed by atoms with Gasteiger partial charge >= 0.3 is 12.2 Å². The summed E-state index contributed by atoms with van der Waals surface area (Å²) in [5, 5.41) is 2.91. The van der Waals surface area contributed by atoms with Gasteiger partial charge in [-0.1, -0.05) is 12.1 Å². The summed E-state index contributed by atoms with van der Waals surface area (Å²) in [5.41, 5.74) is -0.172. The van der Waals surface area contributed by atoms with Gasteiger partial charge in [-0.05, 0) is 42.9 Å². The maximum Gasteiger partial charge on any atom is 0.416 e. The standard InChI is InChI=1S/C17H21F3N2O2/c1-22(14-7-8-24-10-14)16(23)21-15(11-5-6-11)12-3-2-4-13(9-12)17(18,19)20/h2-4,9,11,14-15H,5-8,10H2,1H3,(H,21,23)/t14-,15+/m1/s1. The van der Waals surface area contributed by atoms with Gasteiger partial charge in [0.1, 0.15) is 0 Å². The van der Waals surface area contributed by atoms with Gasteiger partial charge < -0.3 is 15.0 Å². The number of benzene rings is 1. The van der Waals surface area contributed by atoms with Gasteiger partial charge in [-0.25, -0.2) is 4.79 Å². The van der Waals surface area contributed by atoms with E-state index in [9.17, 15) is 18.0 Å². The third-order valence-corrected chi connectivity index (χ3v) is 4.72. The van der Waals surface area contributed by atoms with Crippen molar-refractivity contribution in [2.24, 2.45) is 5.92 Å². The Bertz CT molecular complexity index is 596. The number of halogens is 3. The van der Waals surface area contributed by atoms with Crippen LogP contribution in [0.1, 0.15) is 36.4 Å². The second kappa shape index (κ2) is 6.63. The van der Waals surface area contributed by atoms with Gasteiger partial charge in [0.2, 0.25) is 0 Å². The van der Waals surface area contributed by atoms with Gasteiger partial charge in [0.25, 0.3) is 0 Å². The molecule has 1 saturated heterocycles. The fraction of sp³-hybridized carbons (Fsp3) is 0.588. The van der Waals surface area contributed by atoms with Crippen molar-refractivity contribution in [2.75, 3.05) is 20.3 Å².